The summed E-state index contributed by atoms with van der Waals surface area (Å²) in [5.74, 6) is 0. The van der Waals surface area contributed by atoms with E-state index in [4.69, 9.17) is 3.80 Å². The monoisotopic (exact) mass is 258 g/mol. The van der Waals surface area contributed by atoms with Gasteiger partial charge in [-0.25, -0.2) is 0 Å². The summed E-state index contributed by atoms with van der Waals surface area (Å²) in [5, 5.41) is 0. The molecule has 0 aliphatic heterocycles. The zero-order valence-electron chi connectivity index (χ0n) is 6.06. The van der Waals surface area contributed by atoms with Crippen molar-refractivity contribution in [2.75, 3.05) is 0 Å². The molecule has 6 radical (unpaired) electrons. The van der Waals surface area contributed by atoms with Gasteiger partial charge in [0.2, 0.25) is 0 Å². The van der Waals surface area contributed by atoms with Crippen LogP contribution in [0.2, 0.25) is 0 Å². The molecule has 0 atom stereocenters. The van der Waals surface area contributed by atoms with E-state index in [-0.39, 0.29) is 100 Å². The van der Waals surface area contributed by atoms with Crippen molar-refractivity contribution in [2.45, 2.75) is 14.9 Å². The van der Waals surface area contributed by atoms with Gasteiger partial charge in [-0.2, -0.15) is 0 Å². The molecule has 6 nitrogen and oxygen atoms in total. The molecule has 0 heterocycles. The Hall–Kier alpha value is 1.73. The van der Waals surface area contributed by atoms with Gasteiger partial charge >= 0.3 is 20.0 Å². The maximum absolute atomic E-state index is 8.17. The molecule has 0 aliphatic rings. The molecule has 0 fully saturated rings. The molecule has 0 rings (SSSR count). The summed E-state index contributed by atoms with van der Waals surface area (Å²) in [5.41, 5.74) is 0. The molecule has 0 saturated heterocycles. The van der Waals surface area contributed by atoms with Crippen molar-refractivity contribution in [3.63, 3.8) is 0 Å². The minimum atomic E-state index is 0. The standard InChI is InChI=1S/2CH4.4Al.5H2O.O.4H2.4H/h2*1H4;;;;;5*1H2;;4*1H;;;;. The van der Waals surface area contributed by atoms with Gasteiger partial charge in [-0.05, 0) is 0 Å². The Labute approximate surface area is 120 Å². The summed E-state index contributed by atoms with van der Waals surface area (Å²) in [7, 11) is 0. The van der Waals surface area contributed by atoms with Gasteiger partial charge in [0, 0.05) is 23.1 Å². The third kappa shape index (κ3) is 451. The molecule has 10 heteroatoms. The summed E-state index contributed by atoms with van der Waals surface area (Å²) in [4.78, 5) is 0. The first-order valence-corrected chi connectivity index (χ1v) is 0.707. The van der Waals surface area contributed by atoms with Gasteiger partial charge in [0.25, 0.3) is 0 Å². The van der Waals surface area contributed by atoms with Crippen molar-refractivity contribution < 1.29 is 36.9 Å². The van der Waals surface area contributed by atoms with Crippen LogP contribution in [0.3, 0.4) is 0 Å². The predicted octanol–water partition coefficient (Wildman–Crippen LogP) is -4.58. The van der Waals surface area contributed by atoms with Gasteiger partial charge < -0.3 is 27.4 Å². The Morgan fingerprint density at radius 2 is 0.667 bits per heavy atom. The van der Waals surface area contributed by atoms with E-state index in [1.54, 1.807) is 0 Å². The van der Waals surface area contributed by atoms with Gasteiger partial charge in [0.05, 0.1) is 0 Å². The minimum absolute atomic E-state index is 0. The van der Waals surface area contributed by atoms with Crippen LogP contribution in [0.4, 0.5) is 0 Å². The molecule has 0 bridgehead atoms. The normalized spacial score (nSPS) is 0.250. The number of rotatable bonds is 0. The zero-order chi connectivity index (χ0) is 2.00. The van der Waals surface area contributed by atoms with Crippen LogP contribution in [0.15, 0.2) is 0 Å². The Balaban J connectivity index is -0.0000000000549. The van der Waals surface area contributed by atoms with Gasteiger partial charge in [-0.15, -0.1) is 0 Å². The number of hydrogen-bond donors (Lipinski definition) is 0. The first kappa shape index (κ1) is 299. The Morgan fingerprint density at radius 3 is 0.667 bits per heavy atom. The van der Waals surface area contributed by atoms with E-state index in [0.717, 1.165) is 0 Å². The van der Waals surface area contributed by atoms with Crippen LogP contribution in [-0.2, 0) is 3.80 Å². The molecular weight excluding hydrogens is 228 g/mol. The summed E-state index contributed by atoms with van der Waals surface area (Å²) in [6, 6.07) is 0. The quantitative estimate of drug-likeness (QED) is 0.391. The fraction of sp³-hybridized carbons (Fsp3) is 1.00. The van der Waals surface area contributed by atoms with Crippen LogP contribution in [0.25, 0.3) is 0 Å². The fourth-order valence-electron chi connectivity index (χ4n) is 0. The van der Waals surface area contributed by atoms with Crippen molar-refractivity contribution >= 4 is 68.3 Å². The van der Waals surface area contributed by atoms with Gasteiger partial charge in [0.1, 0.15) is 34.7 Å². The maximum atomic E-state index is 8.17. The molecule has 0 saturated carbocycles. The summed E-state index contributed by atoms with van der Waals surface area (Å²) < 4.78 is 8.17. The van der Waals surface area contributed by atoms with Crippen LogP contribution in [0.5, 0.6) is 0 Å². The third-order valence-corrected chi connectivity index (χ3v) is 0. The number of hydrogen-bond acceptors (Lipinski definition) is 1. The van der Waals surface area contributed by atoms with Gasteiger partial charge in [-0.3, -0.25) is 0 Å². The topological polar surface area (TPSA) is 175 Å². The molecule has 0 aromatic heterocycles. The van der Waals surface area contributed by atoms with E-state index in [0.29, 0.717) is 0 Å². The molecule has 0 aliphatic carbocycles. The molecule has 0 amide bonds. The van der Waals surface area contributed by atoms with Crippen molar-refractivity contribution in [3.05, 3.63) is 0 Å². The molecular formula is C2H30Al4O6. The van der Waals surface area contributed by atoms with Crippen molar-refractivity contribution in [2.24, 2.45) is 0 Å². The average molecular weight is 258 g/mol. The molecule has 86 valence electrons. The van der Waals surface area contributed by atoms with E-state index < -0.39 is 0 Å². The van der Waals surface area contributed by atoms with Gasteiger partial charge in [0.15, 0.2) is 0 Å². The van der Waals surface area contributed by atoms with Crippen LogP contribution in [0, 0.1) is 0 Å². The van der Waals surface area contributed by atoms with Crippen LogP contribution in [-0.4, -0.2) is 95.7 Å². The van der Waals surface area contributed by atoms with E-state index >= 15 is 0 Å². The van der Waals surface area contributed by atoms with Crippen LogP contribution in [0.1, 0.15) is 20.6 Å². The SMILES string of the molecule is C.C.O.O.O.O.O.[AlH2].[AlH2].[Al].[HH].[HH].[HH].[HH].[O]=[Al]. The van der Waals surface area contributed by atoms with Crippen molar-refractivity contribution in [1.29, 1.82) is 0 Å². The third-order valence-electron chi connectivity index (χ3n) is 0. The molecule has 0 aromatic rings. The zero-order valence-corrected chi connectivity index (χ0v) is 12.4. The van der Waals surface area contributed by atoms with E-state index in [9.17, 15) is 0 Å². The second-order valence-electron chi connectivity index (χ2n) is 0. The van der Waals surface area contributed by atoms with E-state index in [1.165, 1.54) is 16.2 Å². The first-order valence-electron chi connectivity index (χ1n) is 0.236. The summed E-state index contributed by atoms with van der Waals surface area (Å²) >= 11 is 1.17. The van der Waals surface area contributed by atoms with Crippen molar-refractivity contribution in [1.82, 2.24) is 0 Å². The average Bonchev–Trinajstić information content (AvgIpc) is 1.00. The van der Waals surface area contributed by atoms with Crippen LogP contribution < -0.4 is 0 Å². The summed E-state index contributed by atoms with van der Waals surface area (Å²) in [6.45, 7) is 0. The summed E-state index contributed by atoms with van der Waals surface area (Å²) in [6.07, 6.45) is 0. The molecule has 0 spiro atoms. The van der Waals surface area contributed by atoms with Gasteiger partial charge in [-0.1, -0.05) is 14.9 Å². The van der Waals surface area contributed by atoms with E-state index in [2.05, 4.69) is 0 Å². The second-order valence-corrected chi connectivity index (χ2v) is 0. The van der Waals surface area contributed by atoms with Crippen molar-refractivity contribution in [3.8, 4) is 0 Å². The second kappa shape index (κ2) is 585. The molecule has 12 heavy (non-hydrogen) atoms. The Kier molecular flexibility index (Phi) is 14600. The first-order chi connectivity index (χ1) is 1.00. The molecule has 0 unspecified atom stereocenters. The fourth-order valence-corrected chi connectivity index (χ4v) is 0. The van der Waals surface area contributed by atoms with E-state index in [1.807, 2.05) is 0 Å². The Morgan fingerprint density at radius 1 is 0.667 bits per heavy atom. The van der Waals surface area contributed by atoms with Crippen LogP contribution >= 0.6 is 0 Å². The predicted molar refractivity (Wildman–Crippen MR) is 69.3 cm³/mol. The molecule has 0 aromatic carbocycles. The molecule has 10 N–H and O–H groups in total. The Bertz CT molecular complexity index is 30.5.